The van der Waals surface area contributed by atoms with Gasteiger partial charge in [-0.15, -0.1) is 0 Å². The molecule has 0 heterocycles. The number of benzene rings is 2. The number of hydrogen-bond donors (Lipinski definition) is 1. The van der Waals surface area contributed by atoms with E-state index in [0.29, 0.717) is 5.69 Å². The Balaban J connectivity index is 1.90. The summed E-state index contributed by atoms with van der Waals surface area (Å²) in [5.41, 5.74) is 2.73. The predicted octanol–water partition coefficient (Wildman–Crippen LogP) is 4.29. The first-order chi connectivity index (χ1) is 11.9. The normalized spacial score (nSPS) is 10.7. The molecule has 0 atom stereocenters. The zero-order valence-corrected chi connectivity index (χ0v) is 14.6. The van der Waals surface area contributed by atoms with Crippen LogP contribution < -0.4 is 5.32 Å². The highest BCUT2D eigenvalue weighted by molar-refractivity contribution is 6.32. The number of hydrogen-bond acceptors (Lipinski definition) is 3. The highest BCUT2D eigenvalue weighted by Gasteiger charge is 2.09. The van der Waals surface area contributed by atoms with Crippen molar-refractivity contribution in [2.45, 2.75) is 13.8 Å². The second kappa shape index (κ2) is 8.44. The summed E-state index contributed by atoms with van der Waals surface area (Å²) in [6, 6.07) is 9.73. The minimum absolute atomic E-state index is 0.0842. The Kier molecular flexibility index (Phi) is 6.31. The van der Waals surface area contributed by atoms with Crippen molar-refractivity contribution in [1.29, 1.82) is 0 Å². The van der Waals surface area contributed by atoms with Gasteiger partial charge in [0.2, 0.25) is 0 Å². The highest BCUT2D eigenvalue weighted by atomic mass is 35.5. The summed E-state index contributed by atoms with van der Waals surface area (Å²) in [5.74, 6) is -1.78. The molecule has 0 aliphatic rings. The predicted molar refractivity (Wildman–Crippen MR) is 95.9 cm³/mol. The largest absolute Gasteiger partial charge is 0.452 e. The van der Waals surface area contributed by atoms with E-state index in [9.17, 15) is 14.0 Å². The molecule has 0 fully saturated rings. The van der Waals surface area contributed by atoms with E-state index in [1.165, 1.54) is 24.3 Å². The van der Waals surface area contributed by atoms with E-state index in [2.05, 4.69) is 5.32 Å². The monoisotopic (exact) mass is 361 g/mol. The Labute approximate surface area is 150 Å². The molecule has 2 aromatic carbocycles. The molecule has 0 unspecified atom stereocenters. The van der Waals surface area contributed by atoms with E-state index < -0.39 is 24.3 Å². The van der Waals surface area contributed by atoms with Crippen LogP contribution in [0.3, 0.4) is 0 Å². The summed E-state index contributed by atoms with van der Waals surface area (Å²) < 4.78 is 18.4. The first kappa shape index (κ1) is 18.7. The third-order valence-electron chi connectivity index (χ3n) is 3.61. The molecule has 0 aromatic heterocycles. The average molecular weight is 362 g/mol. The third-order valence-corrected chi connectivity index (χ3v) is 3.94. The molecule has 0 aliphatic heterocycles. The fourth-order valence-electron chi connectivity index (χ4n) is 2.08. The van der Waals surface area contributed by atoms with E-state index >= 15 is 0 Å². The second-order valence-electron chi connectivity index (χ2n) is 5.37. The summed E-state index contributed by atoms with van der Waals surface area (Å²) in [7, 11) is 0. The number of amides is 1. The van der Waals surface area contributed by atoms with Gasteiger partial charge >= 0.3 is 5.97 Å². The standard InChI is InChI=1S/C19H17ClFNO3/c1-12-5-3-8-17(13(12)2)22-18(23)11-25-19(24)10-9-14-15(20)6-4-7-16(14)21/h3-10H,11H2,1-2H3,(H,22,23). The van der Waals surface area contributed by atoms with Gasteiger partial charge in [0, 0.05) is 17.3 Å². The van der Waals surface area contributed by atoms with Crippen molar-refractivity contribution < 1.29 is 18.7 Å². The van der Waals surface area contributed by atoms with Crippen molar-refractivity contribution in [3.05, 3.63) is 70.0 Å². The molecule has 130 valence electrons. The van der Waals surface area contributed by atoms with Crippen molar-refractivity contribution in [3.63, 3.8) is 0 Å². The van der Waals surface area contributed by atoms with E-state index in [4.69, 9.17) is 16.3 Å². The molecule has 6 heteroatoms. The maximum atomic E-state index is 13.6. The lowest BCUT2D eigenvalue weighted by Crippen LogP contribution is -2.20. The first-order valence-electron chi connectivity index (χ1n) is 7.53. The van der Waals surface area contributed by atoms with Crippen molar-refractivity contribution >= 4 is 35.2 Å². The second-order valence-corrected chi connectivity index (χ2v) is 5.78. The molecular weight excluding hydrogens is 345 g/mol. The maximum Gasteiger partial charge on any atom is 0.331 e. The van der Waals surface area contributed by atoms with Crippen LogP contribution in [-0.4, -0.2) is 18.5 Å². The molecule has 4 nitrogen and oxygen atoms in total. The zero-order chi connectivity index (χ0) is 18.4. The molecule has 0 radical (unpaired) electrons. The van der Waals surface area contributed by atoms with Crippen LogP contribution in [0.2, 0.25) is 5.02 Å². The van der Waals surface area contributed by atoms with Crippen LogP contribution in [0.5, 0.6) is 0 Å². The van der Waals surface area contributed by atoms with Crippen molar-refractivity contribution in [1.82, 2.24) is 0 Å². The number of anilines is 1. The average Bonchev–Trinajstić information content (AvgIpc) is 2.57. The molecule has 0 saturated heterocycles. The molecule has 2 aromatic rings. The molecule has 2 rings (SSSR count). The maximum absolute atomic E-state index is 13.6. The van der Waals surface area contributed by atoms with Crippen LogP contribution in [-0.2, 0) is 14.3 Å². The van der Waals surface area contributed by atoms with Crippen LogP contribution in [0.25, 0.3) is 6.08 Å². The molecule has 0 bridgehead atoms. The minimum atomic E-state index is -0.768. The lowest BCUT2D eigenvalue weighted by Gasteiger charge is -2.10. The Morgan fingerprint density at radius 1 is 1.20 bits per heavy atom. The quantitative estimate of drug-likeness (QED) is 0.638. The topological polar surface area (TPSA) is 55.4 Å². The van der Waals surface area contributed by atoms with Gasteiger partial charge in [0.1, 0.15) is 5.82 Å². The number of rotatable bonds is 5. The van der Waals surface area contributed by atoms with Crippen molar-refractivity contribution in [3.8, 4) is 0 Å². The number of aryl methyl sites for hydroxylation is 1. The van der Waals surface area contributed by atoms with Gasteiger partial charge in [-0.2, -0.15) is 0 Å². The van der Waals surface area contributed by atoms with Crippen LogP contribution in [0, 0.1) is 19.7 Å². The third kappa shape index (κ3) is 5.16. The van der Waals surface area contributed by atoms with Gasteiger partial charge in [-0.1, -0.05) is 29.8 Å². The van der Waals surface area contributed by atoms with Gasteiger partial charge in [0.15, 0.2) is 6.61 Å². The van der Waals surface area contributed by atoms with E-state index in [1.807, 2.05) is 26.0 Å². The number of carbonyl (C=O) groups excluding carboxylic acids is 2. The van der Waals surface area contributed by atoms with E-state index in [-0.39, 0.29) is 10.6 Å². The van der Waals surface area contributed by atoms with Gasteiger partial charge in [-0.05, 0) is 49.2 Å². The minimum Gasteiger partial charge on any atom is -0.452 e. The summed E-state index contributed by atoms with van der Waals surface area (Å²) in [5, 5.41) is 2.85. The summed E-state index contributed by atoms with van der Waals surface area (Å²) in [6.07, 6.45) is 2.23. The zero-order valence-electron chi connectivity index (χ0n) is 13.8. The van der Waals surface area contributed by atoms with Gasteiger partial charge in [-0.25, -0.2) is 9.18 Å². The fraction of sp³-hybridized carbons (Fsp3) is 0.158. The molecule has 0 aliphatic carbocycles. The number of nitrogens with one attached hydrogen (secondary N) is 1. The summed E-state index contributed by atoms with van der Waals surface area (Å²) in [4.78, 5) is 23.5. The fourth-order valence-corrected chi connectivity index (χ4v) is 2.30. The van der Waals surface area contributed by atoms with Crippen LogP contribution in [0.4, 0.5) is 10.1 Å². The molecule has 1 amide bonds. The number of esters is 1. The Morgan fingerprint density at radius 2 is 1.92 bits per heavy atom. The molecule has 0 saturated carbocycles. The van der Waals surface area contributed by atoms with Gasteiger partial charge in [0.05, 0.1) is 5.02 Å². The van der Waals surface area contributed by atoms with Crippen LogP contribution in [0.15, 0.2) is 42.5 Å². The van der Waals surface area contributed by atoms with Gasteiger partial charge < -0.3 is 10.1 Å². The number of ether oxygens (including phenoxy) is 1. The van der Waals surface area contributed by atoms with Crippen LogP contribution in [0.1, 0.15) is 16.7 Å². The van der Waals surface area contributed by atoms with Crippen molar-refractivity contribution in [2.24, 2.45) is 0 Å². The Hall–Kier alpha value is -2.66. The van der Waals surface area contributed by atoms with Gasteiger partial charge in [-0.3, -0.25) is 4.79 Å². The van der Waals surface area contributed by atoms with E-state index in [0.717, 1.165) is 17.2 Å². The number of carbonyl (C=O) groups is 2. The lowest BCUT2D eigenvalue weighted by molar-refractivity contribution is -0.142. The first-order valence-corrected chi connectivity index (χ1v) is 7.91. The lowest BCUT2D eigenvalue weighted by atomic mass is 10.1. The summed E-state index contributed by atoms with van der Waals surface area (Å²) >= 11 is 5.85. The van der Waals surface area contributed by atoms with E-state index in [1.54, 1.807) is 6.07 Å². The molecule has 1 N–H and O–H groups in total. The van der Waals surface area contributed by atoms with Crippen molar-refractivity contribution in [2.75, 3.05) is 11.9 Å². The Bertz CT molecular complexity index is 813. The number of halogens is 2. The molecule has 0 spiro atoms. The highest BCUT2D eigenvalue weighted by Crippen LogP contribution is 2.20. The smallest absolute Gasteiger partial charge is 0.331 e. The summed E-state index contributed by atoms with van der Waals surface area (Å²) in [6.45, 7) is 3.38. The molecular formula is C19H17ClFNO3. The van der Waals surface area contributed by atoms with Crippen LogP contribution >= 0.6 is 11.6 Å². The Morgan fingerprint density at radius 3 is 2.64 bits per heavy atom. The van der Waals surface area contributed by atoms with Gasteiger partial charge in [0.25, 0.3) is 5.91 Å². The SMILES string of the molecule is Cc1cccc(NC(=O)COC(=O)C=Cc2c(F)cccc2Cl)c1C. The molecule has 25 heavy (non-hydrogen) atoms.